The second kappa shape index (κ2) is 6.86. The van der Waals surface area contributed by atoms with Crippen LogP contribution in [0.5, 0.6) is 0 Å². The van der Waals surface area contributed by atoms with E-state index in [0.29, 0.717) is 11.4 Å². The van der Waals surface area contributed by atoms with E-state index in [-0.39, 0.29) is 5.91 Å². The molecule has 0 saturated heterocycles. The van der Waals surface area contributed by atoms with Crippen LogP contribution in [0, 0.1) is 0 Å². The number of hydrogen-bond acceptors (Lipinski definition) is 4. The smallest absolute Gasteiger partial charge is 0.258 e. The van der Waals surface area contributed by atoms with Crippen molar-refractivity contribution in [3.63, 3.8) is 0 Å². The van der Waals surface area contributed by atoms with Crippen molar-refractivity contribution in [3.05, 3.63) is 77.2 Å². The molecule has 126 valence electrons. The first-order valence-corrected chi connectivity index (χ1v) is 8.33. The maximum absolute atomic E-state index is 12.3. The normalized spacial score (nSPS) is 14.1. The Kier molecular flexibility index (Phi) is 4.26. The molecule has 0 fully saturated rings. The van der Waals surface area contributed by atoms with Gasteiger partial charge in [-0.2, -0.15) is 5.10 Å². The van der Waals surface area contributed by atoms with Gasteiger partial charge in [0.15, 0.2) is 5.82 Å². The molecule has 6 heteroatoms. The van der Waals surface area contributed by atoms with E-state index in [1.807, 2.05) is 6.07 Å². The Morgan fingerprint density at radius 3 is 2.88 bits per heavy atom. The van der Waals surface area contributed by atoms with Crippen LogP contribution in [-0.2, 0) is 19.5 Å². The minimum absolute atomic E-state index is 0.186. The number of carbonyl (C=O) groups is 1. The highest BCUT2D eigenvalue weighted by molar-refractivity contribution is 6.03. The minimum Gasteiger partial charge on any atom is -0.305 e. The van der Waals surface area contributed by atoms with Crippen molar-refractivity contribution in [1.29, 1.82) is 0 Å². The summed E-state index contributed by atoms with van der Waals surface area (Å²) >= 11 is 0. The SMILES string of the molecule is O=C(Nc1n[nH]c2c1CCN(Cc1ccccc1)C2)c1cccnc1. The van der Waals surface area contributed by atoms with Crippen LogP contribution in [-0.4, -0.2) is 32.5 Å². The Bertz CT molecular complexity index is 860. The van der Waals surface area contributed by atoms with Crippen molar-refractivity contribution in [2.45, 2.75) is 19.5 Å². The van der Waals surface area contributed by atoms with Crippen molar-refractivity contribution in [2.75, 3.05) is 11.9 Å². The summed E-state index contributed by atoms with van der Waals surface area (Å²) < 4.78 is 0. The van der Waals surface area contributed by atoms with Crippen molar-refractivity contribution in [2.24, 2.45) is 0 Å². The van der Waals surface area contributed by atoms with Crippen LogP contribution in [0.4, 0.5) is 5.82 Å². The van der Waals surface area contributed by atoms with Crippen molar-refractivity contribution >= 4 is 11.7 Å². The summed E-state index contributed by atoms with van der Waals surface area (Å²) in [7, 11) is 0. The summed E-state index contributed by atoms with van der Waals surface area (Å²) in [6.07, 6.45) is 4.06. The predicted molar refractivity (Wildman–Crippen MR) is 95.0 cm³/mol. The first-order valence-electron chi connectivity index (χ1n) is 8.33. The zero-order valence-electron chi connectivity index (χ0n) is 13.8. The average molecular weight is 333 g/mol. The number of fused-ring (bicyclic) bond motifs is 1. The lowest BCUT2D eigenvalue weighted by Gasteiger charge is -2.26. The Labute approximate surface area is 145 Å². The van der Waals surface area contributed by atoms with Gasteiger partial charge >= 0.3 is 0 Å². The lowest BCUT2D eigenvalue weighted by molar-refractivity contribution is 0.102. The number of rotatable bonds is 4. The van der Waals surface area contributed by atoms with Crippen LogP contribution < -0.4 is 5.32 Å². The van der Waals surface area contributed by atoms with E-state index in [0.717, 1.165) is 37.3 Å². The molecule has 3 aromatic rings. The van der Waals surface area contributed by atoms with Gasteiger partial charge in [-0.05, 0) is 24.1 Å². The Morgan fingerprint density at radius 2 is 2.08 bits per heavy atom. The third kappa shape index (κ3) is 3.44. The first-order chi connectivity index (χ1) is 12.3. The highest BCUT2D eigenvalue weighted by atomic mass is 16.1. The largest absolute Gasteiger partial charge is 0.305 e. The molecule has 0 radical (unpaired) electrons. The second-order valence-corrected chi connectivity index (χ2v) is 6.17. The number of pyridine rings is 1. The Morgan fingerprint density at radius 1 is 1.20 bits per heavy atom. The van der Waals surface area contributed by atoms with Gasteiger partial charge in [0.05, 0.1) is 11.3 Å². The molecular formula is C19H19N5O. The fourth-order valence-corrected chi connectivity index (χ4v) is 3.13. The number of nitrogens with zero attached hydrogens (tertiary/aromatic N) is 3. The Balaban J connectivity index is 1.44. The molecule has 1 aliphatic rings. The number of H-pyrrole nitrogens is 1. The predicted octanol–water partition coefficient (Wildman–Crippen LogP) is 2.62. The lowest BCUT2D eigenvalue weighted by Crippen LogP contribution is -2.30. The number of carbonyl (C=O) groups excluding carboxylic acids is 1. The Hall–Kier alpha value is -2.99. The number of aromatic amines is 1. The molecule has 2 aromatic heterocycles. The van der Waals surface area contributed by atoms with Crippen molar-refractivity contribution in [3.8, 4) is 0 Å². The lowest BCUT2D eigenvalue weighted by atomic mass is 10.1. The number of hydrogen-bond donors (Lipinski definition) is 2. The van der Waals surface area contributed by atoms with E-state index in [1.165, 1.54) is 5.56 Å². The standard InChI is InChI=1S/C19H19N5O/c25-19(15-7-4-9-20-11-15)21-18-16-8-10-24(13-17(16)22-23-18)12-14-5-2-1-3-6-14/h1-7,9,11H,8,10,12-13H2,(H2,21,22,23,25). The maximum atomic E-state index is 12.3. The number of amides is 1. The molecule has 1 amide bonds. The third-order valence-corrected chi connectivity index (χ3v) is 4.42. The quantitative estimate of drug-likeness (QED) is 0.770. The number of benzene rings is 1. The van der Waals surface area contributed by atoms with Gasteiger partial charge in [-0.1, -0.05) is 30.3 Å². The van der Waals surface area contributed by atoms with Gasteiger partial charge in [-0.15, -0.1) is 0 Å². The van der Waals surface area contributed by atoms with E-state index >= 15 is 0 Å². The van der Waals surface area contributed by atoms with Gasteiger partial charge in [0, 0.05) is 37.6 Å². The summed E-state index contributed by atoms with van der Waals surface area (Å²) in [6.45, 7) is 2.66. The molecule has 0 atom stereocenters. The van der Waals surface area contributed by atoms with Crippen LogP contribution in [0.25, 0.3) is 0 Å². The highest BCUT2D eigenvalue weighted by Gasteiger charge is 2.23. The van der Waals surface area contributed by atoms with Crippen LogP contribution in [0.15, 0.2) is 54.9 Å². The van der Waals surface area contributed by atoms with Gasteiger partial charge < -0.3 is 5.32 Å². The molecule has 0 aliphatic carbocycles. The molecule has 3 heterocycles. The molecule has 0 unspecified atom stereocenters. The van der Waals surface area contributed by atoms with Crippen LogP contribution in [0.1, 0.15) is 27.2 Å². The van der Waals surface area contributed by atoms with Crippen molar-refractivity contribution < 1.29 is 4.79 Å². The van der Waals surface area contributed by atoms with Crippen LogP contribution in [0.2, 0.25) is 0 Å². The molecule has 0 saturated carbocycles. The molecule has 1 aliphatic heterocycles. The summed E-state index contributed by atoms with van der Waals surface area (Å²) in [6, 6.07) is 13.9. The molecule has 25 heavy (non-hydrogen) atoms. The number of aromatic nitrogens is 3. The zero-order chi connectivity index (χ0) is 17.1. The molecule has 4 rings (SSSR count). The molecular weight excluding hydrogens is 314 g/mol. The van der Waals surface area contributed by atoms with Gasteiger partial charge in [-0.25, -0.2) is 0 Å². The van der Waals surface area contributed by atoms with Gasteiger partial charge in [-0.3, -0.25) is 19.8 Å². The monoisotopic (exact) mass is 333 g/mol. The second-order valence-electron chi connectivity index (χ2n) is 6.17. The summed E-state index contributed by atoms with van der Waals surface area (Å²) in [5, 5.41) is 10.3. The topological polar surface area (TPSA) is 73.9 Å². The van der Waals surface area contributed by atoms with Crippen LogP contribution >= 0.6 is 0 Å². The van der Waals surface area contributed by atoms with Crippen molar-refractivity contribution in [1.82, 2.24) is 20.1 Å². The molecule has 2 N–H and O–H groups in total. The van der Waals surface area contributed by atoms with E-state index < -0.39 is 0 Å². The molecule has 0 spiro atoms. The number of nitrogens with one attached hydrogen (secondary N) is 2. The molecule has 6 nitrogen and oxygen atoms in total. The fraction of sp³-hybridized carbons (Fsp3) is 0.211. The van der Waals surface area contributed by atoms with E-state index in [2.05, 4.69) is 49.7 Å². The maximum Gasteiger partial charge on any atom is 0.258 e. The summed E-state index contributed by atoms with van der Waals surface area (Å²) in [5.41, 5.74) is 4.00. The van der Waals surface area contributed by atoms with E-state index in [1.54, 1.807) is 24.5 Å². The van der Waals surface area contributed by atoms with Gasteiger partial charge in [0.1, 0.15) is 0 Å². The highest BCUT2D eigenvalue weighted by Crippen LogP contribution is 2.25. The first kappa shape index (κ1) is 15.5. The van der Waals surface area contributed by atoms with E-state index in [9.17, 15) is 4.79 Å². The van der Waals surface area contributed by atoms with Gasteiger partial charge in [0.2, 0.25) is 0 Å². The number of anilines is 1. The van der Waals surface area contributed by atoms with Crippen LogP contribution in [0.3, 0.4) is 0 Å². The molecule has 1 aromatic carbocycles. The summed E-state index contributed by atoms with van der Waals surface area (Å²) in [4.78, 5) is 18.6. The zero-order valence-corrected chi connectivity index (χ0v) is 13.8. The third-order valence-electron chi connectivity index (χ3n) is 4.42. The minimum atomic E-state index is -0.186. The summed E-state index contributed by atoms with van der Waals surface area (Å²) in [5.74, 6) is 0.442. The molecule has 0 bridgehead atoms. The van der Waals surface area contributed by atoms with E-state index in [4.69, 9.17) is 0 Å². The van der Waals surface area contributed by atoms with Gasteiger partial charge in [0.25, 0.3) is 5.91 Å². The average Bonchev–Trinajstić information content (AvgIpc) is 3.05. The fourth-order valence-electron chi connectivity index (χ4n) is 3.13.